The molecule has 0 unspecified atom stereocenters. The standard InChI is InChI=1S/C18H20ClN3O3S/c1-2-26(24,25)22-10-4-5-13-11-16(8-9-17(13)22)21-18(23)20-15-7-3-6-14(19)12-15/h3,6-9,11-12H,2,4-5,10H2,1H3,(H2,20,21,23). The van der Waals surface area contributed by atoms with Gasteiger partial charge in [-0.1, -0.05) is 17.7 Å². The molecular weight excluding hydrogens is 374 g/mol. The maximum Gasteiger partial charge on any atom is 0.323 e. The first kappa shape index (κ1) is 18.5. The quantitative estimate of drug-likeness (QED) is 0.821. The molecule has 2 N–H and O–H groups in total. The highest BCUT2D eigenvalue weighted by molar-refractivity contribution is 7.92. The molecule has 2 aromatic rings. The molecule has 2 aromatic carbocycles. The normalized spacial score (nSPS) is 13.8. The largest absolute Gasteiger partial charge is 0.323 e. The molecule has 6 nitrogen and oxygen atoms in total. The van der Waals surface area contributed by atoms with Crippen molar-refractivity contribution in [2.45, 2.75) is 19.8 Å². The summed E-state index contributed by atoms with van der Waals surface area (Å²) in [4.78, 5) is 12.2. The number of halogens is 1. The van der Waals surface area contributed by atoms with E-state index in [1.165, 1.54) is 4.31 Å². The number of carbonyl (C=O) groups excluding carboxylic acids is 1. The van der Waals surface area contributed by atoms with E-state index in [0.29, 0.717) is 28.6 Å². The van der Waals surface area contributed by atoms with E-state index in [2.05, 4.69) is 10.6 Å². The van der Waals surface area contributed by atoms with Crippen molar-refractivity contribution in [2.24, 2.45) is 0 Å². The van der Waals surface area contributed by atoms with Gasteiger partial charge in [0.2, 0.25) is 10.0 Å². The lowest BCUT2D eigenvalue weighted by molar-refractivity contribution is 0.262. The van der Waals surface area contributed by atoms with Gasteiger partial charge < -0.3 is 10.6 Å². The highest BCUT2D eigenvalue weighted by Crippen LogP contribution is 2.31. The van der Waals surface area contributed by atoms with Crippen molar-refractivity contribution >= 4 is 44.7 Å². The molecule has 0 aromatic heterocycles. The third-order valence-electron chi connectivity index (χ3n) is 4.20. The Kier molecular flexibility index (Phi) is 5.38. The minimum absolute atomic E-state index is 0.0640. The minimum atomic E-state index is -3.29. The Hall–Kier alpha value is -2.25. The van der Waals surface area contributed by atoms with E-state index in [9.17, 15) is 13.2 Å². The number of hydrogen-bond acceptors (Lipinski definition) is 3. The first-order chi connectivity index (χ1) is 12.4. The Morgan fingerprint density at radius 2 is 1.88 bits per heavy atom. The van der Waals surface area contributed by atoms with Crippen molar-refractivity contribution in [3.8, 4) is 0 Å². The lowest BCUT2D eigenvalue weighted by atomic mass is 10.0. The van der Waals surface area contributed by atoms with E-state index >= 15 is 0 Å². The van der Waals surface area contributed by atoms with Crippen molar-refractivity contribution in [3.63, 3.8) is 0 Å². The van der Waals surface area contributed by atoms with Gasteiger partial charge >= 0.3 is 6.03 Å². The van der Waals surface area contributed by atoms with Gasteiger partial charge in [-0.15, -0.1) is 0 Å². The molecule has 0 spiro atoms. The van der Waals surface area contributed by atoms with Gasteiger partial charge in [0.25, 0.3) is 0 Å². The van der Waals surface area contributed by atoms with Crippen LogP contribution in [0.5, 0.6) is 0 Å². The third-order valence-corrected chi connectivity index (χ3v) is 6.21. The summed E-state index contributed by atoms with van der Waals surface area (Å²) in [5.74, 6) is 0.0640. The first-order valence-corrected chi connectivity index (χ1v) is 10.3. The molecule has 1 aliphatic rings. The van der Waals surface area contributed by atoms with Gasteiger partial charge in [-0.25, -0.2) is 13.2 Å². The Morgan fingerprint density at radius 3 is 2.58 bits per heavy atom. The molecule has 0 saturated heterocycles. The van der Waals surface area contributed by atoms with Crippen LogP contribution in [0.4, 0.5) is 21.9 Å². The van der Waals surface area contributed by atoms with Gasteiger partial charge in [0.15, 0.2) is 0 Å². The fourth-order valence-electron chi connectivity index (χ4n) is 2.94. The number of fused-ring (bicyclic) bond motifs is 1. The van der Waals surface area contributed by atoms with E-state index in [4.69, 9.17) is 11.6 Å². The Balaban J connectivity index is 1.75. The Morgan fingerprint density at radius 1 is 1.15 bits per heavy atom. The van der Waals surface area contributed by atoms with Crippen LogP contribution in [0.2, 0.25) is 5.02 Å². The number of rotatable bonds is 4. The number of sulfonamides is 1. The maximum atomic E-state index is 12.2. The van der Waals surface area contributed by atoms with Crippen molar-refractivity contribution in [3.05, 3.63) is 53.1 Å². The molecular formula is C18H20ClN3O3S. The third kappa shape index (κ3) is 4.11. The van der Waals surface area contributed by atoms with Crippen LogP contribution in [0.25, 0.3) is 0 Å². The van der Waals surface area contributed by atoms with Gasteiger partial charge in [0.1, 0.15) is 0 Å². The molecule has 3 rings (SSSR count). The van der Waals surface area contributed by atoms with Crippen LogP contribution in [-0.2, 0) is 16.4 Å². The zero-order valence-corrected chi connectivity index (χ0v) is 15.9. The van der Waals surface area contributed by atoms with Crippen LogP contribution in [0.15, 0.2) is 42.5 Å². The number of urea groups is 1. The van der Waals surface area contributed by atoms with E-state index in [1.54, 1.807) is 43.3 Å². The summed E-state index contributed by atoms with van der Waals surface area (Å²) in [6.45, 7) is 2.13. The summed E-state index contributed by atoms with van der Waals surface area (Å²) < 4.78 is 26.0. The van der Waals surface area contributed by atoms with E-state index in [-0.39, 0.29) is 11.8 Å². The molecule has 0 fully saturated rings. The number of hydrogen-bond donors (Lipinski definition) is 2. The van der Waals surface area contributed by atoms with E-state index < -0.39 is 10.0 Å². The van der Waals surface area contributed by atoms with E-state index in [1.807, 2.05) is 6.07 Å². The lowest BCUT2D eigenvalue weighted by Crippen LogP contribution is -2.36. The number of nitrogens with one attached hydrogen (secondary N) is 2. The van der Waals surface area contributed by atoms with Gasteiger partial charge in [0, 0.05) is 22.9 Å². The van der Waals surface area contributed by atoms with Crippen molar-refractivity contribution in [1.82, 2.24) is 0 Å². The van der Waals surface area contributed by atoms with Crippen molar-refractivity contribution in [1.29, 1.82) is 0 Å². The average molecular weight is 394 g/mol. The molecule has 0 radical (unpaired) electrons. The number of benzene rings is 2. The molecule has 8 heteroatoms. The van der Waals surface area contributed by atoms with Gasteiger partial charge in [-0.3, -0.25) is 4.31 Å². The molecule has 0 bridgehead atoms. The fourth-order valence-corrected chi connectivity index (χ4v) is 4.33. The van der Waals surface area contributed by atoms with Crippen molar-refractivity contribution < 1.29 is 13.2 Å². The van der Waals surface area contributed by atoms with Crippen LogP contribution in [0.1, 0.15) is 18.9 Å². The highest BCUT2D eigenvalue weighted by atomic mass is 35.5. The van der Waals surface area contributed by atoms with Crippen LogP contribution in [0, 0.1) is 0 Å². The number of carbonyl (C=O) groups is 1. The maximum absolute atomic E-state index is 12.2. The van der Waals surface area contributed by atoms with Crippen molar-refractivity contribution in [2.75, 3.05) is 27.2 Å². The second-order valence-corrected chi connectivity index (χ2v) is 8.63. The average Bonchev–Trinajstić information content (AvgIpc) is 2.61. The second-order valence-electron chi connectivity index (χ2n) is 6.01. The van der Waals surface area contributed by atoms with Gasteiger partial charge in [0.05, 0.1) is 11.4 Å². The highest BCUT2D eigenvalue weighted by Gasteiger charge is 2.26. The first-order valence-electron chi connectivity index (χ1n) is 8.36. The van der Waals surface area contributed by atoms with E-state index in [0.717, 1.165) is 18.4 Å². The van der Waals surface area contributed by atoms with Crippen LogP contribution in [-0.4, -0.2) is 26.7 Å². The van der Waals surface area contributed by atoms with Crippen LogP contribution < -0.4 is 14.9 Å². The Labute approximate surface area is 158 Å². The minimum Gasteiger partial charge on any atom is -0.308 e. The predicted octanol–water partition coefficient (Wildman–Crippen LogP) is 4.09. The zero-order chi connectivity index (χ0) is 18.7. The summed E-state index contributed by atoms with van der Waals surface area (Å²) in [5, 5.41) is 6.02. The molecule has 2 amide bonds. The SMILES string of the molecule is CCS(=O)(=O)N1CCCc2cc(NC(=O)Nc3cccc(Cl)c3)ccc21. The number of aryl methyl sites for hydroxylation is 1. The lowest BCUT2D eigenvalue weighted by Gasteiger charge is -2.30. The summed E-state index contributed by atoms with van der Waals surface area (Å²) in [5.41, 5.74) is 2.81. The Bertz CT molecular complexity index is 931. The summed E-state index contributed by atoms with van der Waals surface area (Å²) >= 11 is 5.90. The molecule has 26 heavy (non-hydrogen) atoms. The van der Waals surface area contributed by atoms with Crippen LogP contribution >= 0.6 is 11.6 Å². The number of nitrogens with zero attached hydrogens (tertiary/aromatic N) is 1. The zero-order valence-electron chi connectivity index (χ0n) is 14.3. The van der Waals surface area contributed by atoms with Gasteiger partial charge in [-0.2, -0.15) is 0 Å². The monoisotopic (exact) mass is 393 g/mol. The summed E-state index contributed by atoms with van der Waals surface area (Å²) in [6, 6.07) is 11.8. The number of amides is 2. The molecule has 0 saturated carbocycles. The topological polar surface area (TPSA) is 78.5 Å². The summed E-state index contributed by atoms with van der Waals surface area (Å²) in [6.07, 6.45) is 1.53. The predicted molar refractivity (Wildman–Crippen MR) is 106 cm³/mol. The smallest absolute Gasteiger partial charge is 0.308 e. The second kappa shape index (κ2) is 7.55. The number of anilines is 3. The summed E-state index contributed by atoms with van der Waals surface area (Å²) in [7, 11) is -3.29. The molecule has 138 valence electrons. The molecule has 0 aliphatic carbocycles. The molecule has 1 aliphatic heterocycles. The fraction of sp³-hybridized carbons (Fsp3) is 0.278. The van der Waals surface area contributed by atoms with Crippen LogP contribution in [0.3, 0.4) is 0 Å². The molecule has 0 atom stereocenters. The van der Waals surface area contributed by atoms with Gasteiger partial charge in [-0.05, 0) is 61.7 Å². The molecule has 1 heterocycles.